The first kappa shape index (κ1) is 14.7. The van der Waals surface area contributed by atoms with Crippen molar-refractivity contribution < 1.29 is 4.52 Å². The number of piperazine rings is 1. The Hall–Kier alpha value is -0.910. The van der Waals surface area contributed by atoms with E-state index in [0.717, 1.165) is 24.4 Å². The smallest absolute Gasteiger partial charge is 0.150 e. The Morgan fingerprint density at radius 1 is 0.955 bits per heavy atom. The Morgan fingerprint density at radius 3 is 2.27 bits per heavy atom. The molecule has 3 aliphatic rings. The van der Waals surface area contributed by atoms with Crippen LogP contribution in [0.15, 0.2) is 16.8 Å². The van der Waals surface area contributed by atoms with Gasteiger partial charge in [-0.15, -0.1) is 0 Å². The van der Waals surface area contributed by atoms with Crippen molar-refractivity contribution >= 4 is 0 Å². The minimum absolute atomic E-state index is 0.761. The van der Waals surface area contributed by atoms with Crippen LogP contribution in [0.5, 0.6) is 0 Å². The highest BCUT2D eigenvalue weighted by molar-refractivity contribution is 4.97. The summed E-state index contributed by atoms with van der Waals surface area (Å²) < 4.78 is 5.19. The lowest BCUT2D eigenvalue weighted by Gasteiger charge is -2.49. The molecule has 0 aromatic carbocycles. The van der Waals surface area contributed by atoms with Crippen LogP contribution in [0, 0.1) is 0 Å². The second-order valence-corrected chi connectivity index (χ2v) is 7.19. The summed E-state index contributed by atoms with van der Waals surface area (Å²) in [5.74, 6) is 0.987. The molecular formula is C17H28N4O. The maximum absolute atomic E-state index is 5.19. The average Bonchev–Trinajstić information content (AvgIpc) is 3.05. The van der Waals surface area contributed by atoms with E-state index in [2.05, 4.69) is 19.9 Å². The van der Waals surface area contributed by atoms with Gasteiger partial charge in [0.1, 0.15) is 0 Å². The van der Waals surface area contributed by atoms with Gasteiger partial charge in [-0.1, -0.05) is 24.4 Å². The van der Waals surface area contributed by atoms with Crippen molar-refractivity contribution in [1.82, 2.24) is 19.9 Å². The molecule has 5 heteroatoms. The topological polar surface area (TPSA) is 35.8 Å². The lowest BCUT2D eigenvalue weighted by Crippen LogP contribution is -2.63. The molecule has 1 aliphatic carbocycles. The first-order valence-electron chi connectivity index (χ1n) is 8.98. The van der Waals surface area contributed by atoms with Crippen LogP contribution in [-0.4, -0.2) is 71.2 Å². The van der Waals surface area contributed by atoms with E-state index in [1.807, 2.05) is 6.07 Å². The minimum Gasteiger partial charge on any atom is -0.360 e. The summed E-state index contributed by atoms with van der Waals surface area (Å²) in [6.07, 6.45) is 8.97. The lowest BCUT2D eigenvalue weighted by atomic mass is 9.93. The van der Waals surface area contributed by atoms with Gasteiger partial charge in [0.15, 0.2) is 5.76 Å². The fourth-order valence-corrected chi connectivity index (χ4v) is 4.36. The third kappa shape index (κ3) is 3.21. The van der Waals surface area contributed by atoms with Gasteiger partial charge >= 0.3 is 0 Å². The zero-order chi connectivity index (χ0) is 14.8. The van der Waals surface area contributed by atoms with E-state index in [9.17, 15) is 0 Å². The van der Waals surface area contributed by atoms with Crippen LogP contribution >= 0.6 is 0 Å². The minimum atomic E-state index is 0.761. The van der Waals surface area contributed by atoms with Gasteiger partial charge in [-0.25, -0.2) is 0 Å². The van der Waals surface area contributed by atoms with E-state index in [4.69, 9.17) is 4.52 Å². The predicted octanol–water partition coefficient (Wildman–Crippen LogP) is 1.81. The summed E-state index contributed by atoms with van der Waals surface area (Å²) in [4.78, 5) is 7.93. The molecule has 0 unspecified atom stereocenters. The summed E-state index contributed by atoms with van der Waals surface area (Å²) in [6.45, 7) is 8.37. The van der Waals surface area contributed by atoms with E-state index in [-0.39, 0.29) is 0 Å². The van der Waals surface area contributed by atoms with Crippen molar-refractivity contribution in [2.45, 2.75) is 50.7 Å². The molecule has 0 bridgehead atoms. The van der Waals surface area contributed by atoms with Gasteiger partial charge in [-0.3, -0.25) is 14.7 Å². The van der Waals surface area contributed by atoms with Crippen LogP contribution < -0.4 is 0 Å². The van der Waals surface area contributed by atoms with Gasteiger partial charge in [0.2, 0.25) is 0 Å². The highest BCUT2D eigenvalue weighted by Crippen LogP contribution is 2.25. The summed E-state index contributed by atoms with van der Waals surface area (Å²) in [7, 11) is 0. The van der Waals surface area contributed by atoms with E-state index < -0.39 is 0 Å². The number of nitrogens with zero attached hydrogens (tertiary/aromatic N) is 4. The molecule has 0 amide bonds. The van der Waals surface area contributed by atoms with Gasteiger partial charge in [0, 0.05) is 57.4 Å². The Balaban J connectivity index is 1.19. The normalized spacial score (nSPS) is 27.1. The van der Waals surface area contributed by atoms with E-state index in [1.54, 1.807) is 6.20 Å². The molecule has 4 rings (SSSR count). The van der Waals surface area contributed by atoms with Crippen molar-refractivity contribution in [3.8, 4) is 0 Å². The summed E-state index contributed by atoms with van der Waals surface area (Å²) >= 11 is 0. The number of hydrogen-bond acceptors (Lipinski definition) is 5. The third-order valence-corrected chi connectivity index (χ3v) is 5.76. The van der Waals surface area contributed by atoms with Crippen molar-refractivity contribution in [3.05, 3.63) is 18.0 Å². The predicted molar refractivity (Wildman–Crippen MR) is 85.6 cm³/mol. The number of aromatic nitrogens is 1. The standard InChI is InChI=1S/C17H28N4O/c1-2-4-15(5-3-1)20-8-10-21(11-9-20)16-12-19(13-16)14-17-6-7-18-22-17/h6-7,15-16H,1-5,8-14H2. The van der Waals surface area contributed by atoms with Crippen LogP contribution in [0.1, 0.15) is 37.9 Å². The molecule has 0 N–H and O–H groups in total. The maximum Gasteiger partial charge on any atom is 0.150 e. The zero-order valence-electron chi connectivity index (χ0n) is 13.5. The Kier molecular flexibility index (Phi) is 4.46. The molecule has 2 aliphatic heterocycles. The van der Waals surface area contributed by atoms with Gasteiger partial charge in [-0.2, -0.15) is 0 Å². The molecule has 0 atom stereocenters. The molecule has 1 aromatic rings. The first-order chi connectivity index (χ1) is 10.9. The zero-order valence-corrected chi connectivity index (χ0v) is 13.5. The third-order valence-electron chi connectivity index (χ3n) is 5.76. The van der Waals surface area contributed by atoms with Crippen molar-refractivity contribution in [1.29, 1.82) is 0 Å². The van der Waals surface area contributed by atoms with Crippen LogP contribution in [0.4, 0.5) is 0 Å². The van der Waals surface area contributed by atoms with E-state index in [0.29, 0.717) is 0 Å². The SMILES string of the molecule is c1cc(CN2CC(N3CCN(C4CCCCC4)CC3)C2)on1. The fraction of sp³-hybridized carbons (Fsp3) is 0.824. The van der Waals surface area contributed by atoms with Crippen molar-refractivity contribution in [2.24, 2.45) is 0 Å². The van der Waals surface area contributed by atoms with Gasteiger partial charge in [-0.05, 0) is 12.8 Å². The lowest BCUT2D eigenvalue weighted by molar-refractivity contribution is -0.0131. The molecule has 3 fully saturated rings. The molecule has 0 spiro atoms. The quantitative estimate of drug-likeness (QED) is 0.848. The molecule has 3 heterocycles. The van der Waals surface area contributed by atoms with Crippen molar-refractivity contribution in [3.63, 3.8) is 0 Å². The van der Waals surface area contributed by atoms with Crippen LogP contribution in [0.3, 0.4) is 0 Å². The molecule has 1 saturated carbocycles. The molecule has 2 saturated heterocycles. The molecule has 1 aromatic heterocycles. The molecule has 122 valence electrons. The maximum atomic E-state index is 5.19. The highest BCUT2D eigenvalue weighted by atomic mass is 16.5. The molecule has 5 nitrogen and oxygen atoms in total. The Labute approximate surface area is 133 Å². The fourth-order valence-electron chi connectivity index (χ4n) is 4.36. The summed E-state index contributed by atoms with van der Waals surface area (Å²) in [6, 6.07) is 3.62. The largest absolute Gasteiger partial charge is 0.360 e. The molecular weight excluding hydrogens is 276 g/mol. The summed E-state index contributed by atoms with van der Waals surface area (Å²) in [5.41, 5.74) is 0. The monoisotopic (exact) mass is 304 g/mol. The van der Waals surface area contributed by atoms with E-state index in [1.165, 1.54) is 71.4 Å². The number of rotatable bonds is 4. The van der Waals surface area contributed by atoms with E-state index >= 15 is 0 Å². The van der Waals surface area contributed by atoms with Crippen LogP contribution in [0.25, 0.3) is 0 Å². The molecule has 22 heavy (non-hydrogen) atoms. The van der Waals surface area contributed by atoms with Crippen LogP contribution in [-0.2, 0) is 6.54 Å². The van der Waals surface area contributed by atoms with Crippen molar-refractivity contribution in [2.75, 3.05) is 39.3 Å². The Morgan fingerprint density at radius 2 is 1.64 bits per heavy atom. The van der Waals surface area contributed by atoms with Gasteiger partial charge < -0.3 is 4.52 Å². The average molecular weight is 304 g/mol. The second kappa shape index (κ2) is 6.69. The second-order valence-electron chi connectivity index (χ2n) is 7.19. The Bertz CT molecular complexity index is 443. The first-order valence-corrected chi connectivity index (χ1v) is 8.98. The number of likely N-dealkylation sites (tertiary alicyclic amines) is 1. The highest BCUT2D eigenvalue weighted by Gasteiger charge is 2.34. The van der Waals surface area contributed by atoms with Gasteiger partial charge in [0.05, 0.1) is 12.7 Å². The van der Waals surface area contributed by atoms with Crippen LogP contribution in [0.2, 0.25) is 0 Å². The summed E-state index contributed by atoms with van der Waals surface area (Å²) in [5, 5.41) is 3.78. The van der Waals surface area contributed by atoms with Gasteiger partial charge in [0.25, 0.3) is 0 Å². The molecule has 0 radical (unpaired) electrons. The number of hydrogen-bond donors (Lipinski definition) is 0.